The maximum atomic E-state index is 6.04. The molecule has 4 aromatic rings. The number of benzene rings is 2. The zero-order valence-corrected chi connectivity index (χ0v) is 13.2. The average Bonchev–Trinajstić information content (AvgIpc) is 2.91. The lowest BCUT2D eigenvalue weighted by Crippen LogP contribution is -2.05. The predicted molar refractivity (Wildman–Crippen MR) is 92.7 cm³/mol. The van der Waals surface area contributed by atoms with Crippen molar-refractivity contribution in [1.29, 1.82) is 0 Å². The normalized spacial score (nSPS) is 11.2. The zero-order chi connectivity index (χ0) is 15.8. The minimum absolute atomic E-state index is 0.499. The van der Waals surface area contributed by atoms with Crippen molar-refractivity contribution in [2.45, 2.75) is 13.5 Å². The molecule has 4 rings (SSSR count). The van der Waals surface area contributed by atoms with Crippen LogP contribution in [0.3, 0.4) is 0 Å². The smallest absolute Gasteiger partial charge is 0.245 e. The molecule has 2 aromatic carbocycles. The molecular weight excluding hydrogens is 310 g/mol. The second-order valence-corrected chi connectivity index (χ2v) is 5.86. The van der Waals surface area contributed by atoms with Gasteiger partial charge in [-0.1, -0.05) is 35.9 Å². The van der Waals surface area contributed by atoms with Crippen LogP contribution in [0.5, 0.6) is 0 Å². The number of hydrogen-bond donors (Lipinski definition) is 2. The first-order chi connectivity index (χ1) is 11.2. The predicted octanol–water partition coefficient (Wildman–Crippen LogP) is 4.08. The molecule has 0 aliphatic carbocycles. The van der Waals surface area contributed by atoms with Crippen LogP contribution in [0.25, 0.3) is 22.1 Å². The Morgan fingerprint density at radius 3 is 2.87 bits per heavy atom. The summed E-state index contributed by atoms with van der Waals surface area (Å²) in [6.07, 6.45) is 0. The minimum atomic E-state index is 0.499. The van der Waals surface area contributed by atoms with Crippen LogP contribution in [0.2, 0.25) is 5.02 Å². The number of nitrogens with one attached hydrogen (secondary N) is 2. The SMILES string of the molecule is Cc1ccccc1CNc1nnc2c(n1)[nH]c1ccc(Cl)cc12. The summed E-state index contributed by atoms with van der Waals surface area (Å²) in [5, 5.41) is 13.3. The third-order valence-corrected chi connectivity index (χ3v) is 4.11. The molecule has 0 radical (unpaired) electrons. The van der Waals surface area contributed by atoms with Gasteiger partial charge in [-0.25, -0.2) is 0 Å². The first-order valence-corrected chi connectivity index (χ1v) is 7.68. The van der Waals surface area contributed by atoms with Crippen molar-refractivity contribution in [1.82, 2.24) is 20.2 Å². The average molecular weight is 324 g/mol. The molecule has 2 N–H and O–H groups in total. The Bertz CT molecular complexity index is 1010. The highest BCUT2D eigenvalue weighted by molar-refractivity contribution is 6.31. The number of nitrogens with zero attached hydrogens (tertiary/aromatic N) is 3. The van der Waals surface area contributed by atoms with Crippen LogP contribution in [0, 0.1) is 6.92 Å². The van der Waals surface area contributed by atoms with Crippen LogP contribution in [-0.4, -0.2) is 20.2 Å². The molecule has 0 atom stereocenters. The maximum absolute atomic E-state index is 6.04. The second kappa shape index (κ2) is 5.52. The molecule has 0 spiro atoms. The minimum Gasteiger partial charge on any atom is -0.349 e. The van der Waals surface area contributed by atoms with Gasteiger partial charge in [0.2, 0.25) is 5.95 Å². The molecule has 0 bridgehead atoms. The van der Waals surface area contributed by atoms with Gasteiger partial charge in [0.25, 0.3) is 0 Å². The van der Waals surface area contributed by atoms with Crippen LogP contribution in [-0.2, 0) is 6.54 Å². The summed E-state index contributed by atoms with van der Waals surface area (Å²) >= 11 is 6.04. The summed E-state index contributed by atoms with van der Waals surface area (Å²) in [5.41, 5.74) is 4.81. The van der Waals surface area contributed by atoms with Gasteiger partial charge in [-0.2, -0.15) is 4.98 Å². The number of fused-ring (bicyclic) bond motifs is 3. The highest BCUT2D eigenvalue weighted by Gasteiger charge is 2.09. The van der Waals surface area contributed by atoms with E-state index in [9.17, 15) is 0 Å². The van der Waals surface area contributed by atoms with Crippen molar-refractivity contribution in [2.24, 2.45) is 0 Å². The van der Waals surface area contributed by atoms with E-state index in [0.717, 1.165) is 16.4 Å². The van der Waals surface area contributed by atoms with Crippen LogP contribution in [0.15, 0.2) is 42.5 Å². The number of aromatic amines is 1. The van der Waals surface area contributed by atoms with E-state index >= 15 is 0 Å². The van der Waals surface area contributed by atoms with Gasteiger partial charge in [0.05, 0.1) is 0 Å². The summed E-state index contributed by atoms with van der Waals surface area (Å²) in [5.74, 6) is 0.499. The van der Waals surface area contributed by atoms with Crippen LogP contribution >= 0.6 is 11.6 Å². The molecule has 0 saturated carbocycles. The fourth-order valence-corrected chi connectivity index (χ4v) is 2.77. The molecule has 0 amide bonds. The summed E-state index contributed by atoms with van der Waals surface area (Å²) in [6.45, 7) is 2.74. The standard InChI is InChI=1S/C17H14ClN5/c1-10-4-2-3-5-11(10)9-19-17-21-16-15(22-23-17)13-8-12(18)6-7-14(13)20-16/h2-8H,9H2,1H3,(H2,19,20,21,23). The third kappa shape index (κ3) is 2.59. The van der Waals surface area contributed by atoms with Crippen LogP contribution in [0.4, 0.5) is 5.95 Å². The number of anilines is 1. The highest BCUT2D eigenvalue weighted by atomic mass is 35.5. The fourth-order valence-electron chi connectivity index (χ4n) is 2.60. The summed E-state index contributed by atoms with van der Waals surface area (Å²) < 4.78 is 0. The van der Waals surface area contributed by atoms with Gasteiger partial charge in [-0.15, -0.1) is 10.2 Å². The van der Waals surface area contributed by atoms with Gasteiger partial charge in [-0.05, 0) is 36.2 Å². The number of H-pyrrole nitrogens is 1. The molecule has 114 valence electrons. The van der Waals surface area contributed by atoms with Gasteiger partial charge in [0.1, 0.15) is 5.52 Å². The molecular formula is C17H14ClN5. The van der Waals surface area contributed by atoms with Gasteiger partial charge in [0.15, 0.2) is 5.65 Å². The van der Waals surface area contributed by atoms with Crippen molar-refractivity contribution >= 4 is 39.6 Å². The van der Waals surface area contributed by atoms with E-state index in [1.54, 1.807) is 0 Å². The number of aromatic nitrogens is 4. The molecule has 2 heterocycles. The lowest BCUT2D eigenvalue weighted by atomic mass is 10.1. The van der Waals surface area contributed by atoms with Crippen molar-refractivity contribution < 1.29 is 0 Å². The molecule has 23 heavy (non-hydrogen) atoms. The van der Waals surface area contributed by atoms with Crippen LogP contribution in [0.1, 0.15) is 11.1 Å². The van der Waals surface area contributed by atoms with Crippen molar-refractivity contribution in [3.05, 3.63) is 58.6 Å². The topological polar surface area (TPSA) is 66.5 Å². The summed E-state index contributed by atoms with van der Waals surface area (Å²) in [6, 6.07) is 13.8. The monoisotopic (exact) mass is 323 g/mol. The molecule has 0 saturated heterocycles. The molecule has 0 fully saturated rings. The quantitative estimate of drug-likeness (QED) is 0.596. The second-order valence-electron chi connectivity index (χ2n) is 5.43. The number of halogens is 1. The number of hydrogen-bond acceptors (Lipinski definition) is 4. The van der Waals surface area contributed by atoms with Crippen LogP contribution < -0.4 is 5.32 Å². The number of rotatable bonds is 3. The van der Waals surface area contributed by atoms with E-state index in [2.05, 4.69) is 44.5 Å². The van der Waals surface area contributed by atoms with E-state index in [1.807, 2.05) is 30.3 Å². The Kier molecular flexibility index (Phi) is 3.35. The molecule has 0 aliphatic heterocycles. The maximum Gasteiger partial charge on any atom is 0.245 e. The largest absolute Gasteiger partial charge is 0.349 e. The van der Waals surface area contributed by atoms with E-state index in [0.29, 0.717) is 23.2 Å². The van der Waals surface area contributed by atoms with E-state index in [-0.39, 0.29) is 0 Å². The first kappa shape index (κ1) is 14.0. The molecule has 2 aromatic heterocycles. The zero-order valence-electron chi connectivity index (χ0n) is 12.5. The van der Waals surface area contributed by atoms with Gasteiger partial charge in [0, 0.05) is 22.5 Å². The molecule has 6 heteroatoms. The summed E-state index contributed by atoms with van der Waals surface area (Å²) in [7, 11) is 0. The van der Waals surface area contributed by atoms with Crippen molar-refractivity contribution in [3.63, 3.8) is 0 Å². The Labute approximate surface area is 137 Å². The molecule has 5 nitrogen and oxygen atoms in total. The Hall–Kier alpha value is -2.66. The molecule has 0 unspecified atom stereocenters. The van der Waals surface area contributed by atoms with Gasteiger partial charge >= 0.3 is 0 Å². The van der Waals surface area contributed by atoms with Gasteiger partial charge in [-0.3, -0.25) is 0 Å². The van der Waals surface area contributed by atoms with Crippen molar-refractivity contribution in [2.75, 3.05) is 5.32 Å². The Morgan fingerprint density at radius 2 is 2.00 bits per heavy atom. The van der Waals surface area contributed by atoms with Gasteiger partial charge < -0.3 is 10.3 Å². The Balaban J connectivity index is 1.66. The highest BCUT2D eigenvalue weighted by Crippen LogP contribution is 2.25. The van der Waals surface area contributed by atoms with Crippen molar-refractivity contribution in [3.8, 4) is 0 Å². The Morgan fingerprint density at radius 1 is 1.13 bits per heavy atom. The first-order valence-electron chi connectivity index (χ1n) is 7.31. The summed E-state index contributed by atoms with van der Waals surface area (Å²) in [4.78, 5) is 7.75. The third-order valence-electron chi connectivity index (χ3n) is 3.87. The van der Waals surface area contributed by atoms with E-state index in [4.69, 9.17) is 11.6 Å². The van der Waals surface area contributed by atoms with E-state index < -0.39 is 0 Å². The van der Waals surface area contributed by atoms with E-state index in [1.165, 1.54) is 11.1 Å². The lowest BCUT2D eigenvalue weighted by Gasteiger charge is -2.06. The fraction of sp³-hybridized carbons (Fsp3) is 0.118. The molecule has 0 aliphatic rings. The number of aryl methyl sites for hydroxylation is 1. The lowest BCUT2D eigenvalue weighted by molar-refractivity contribution is 0.979.